The highest BCUT2D eigenvalue weighted by Gasteiger charge is 2.13. The molecule has 1 aromatic carbocycles. The maximum Gasteiger partial charge on any atom is 0.123 e. The number of halogens is 1. The van der Waals surface area contributed by atoms with E-state index in [4.69, 9.17) is 0 Å². The van der Waals surface area contributed by atoms with E-state index in [0.29, 0.717) is 0 Å². The molecule has 1 atom stereocenters. The fraction of sp³-hybridized carbons (Fsp3) is 0.267. The molecule has 18 heavy (non-hydrogen) atoms. The molecule has 94 valence electrons. The number of rotatable bonds is 3. The average Bonchev–Trinajstić information content (AvgIpc) is 2.38. The van der Waals surface area contributed by atoms with Crippen LogP contribution in [0.5, 0.6) is 0 Å². The standard InChI is InChI=1S/C15H17FN2/c1-10-9-18-7-6-13(10)15-8-12(16)4-5-14(15)11(2)17-3/h4-9,11,17H,1-3H3. The van der Waals surface area contributed by atoms with Crippen LogP contribution in [0.4, 0.5) is 4.39 Å². The van der Waals surface area contributed by atoms with Gasteiger partial charge < -0.3 is 5.32 Å². The number of benzene rings is 1. The Bertz CT molecular complexity index is 552. The summed E-state index contributed by atoms with van der Waals surface area (Å²) in [7, 11) is 1.90. The van der Waals surface area contributed by atoms with E-state index < -0.39 is 0 Å². The van der Waals surface area contributed by atoms with E-state index in [1.165, 1.54) is 6.07 Å². The van der Waals surface area contributed by atoms with Crippen molar-refractivity contribution in [3.05, 3.63) is 53.6 Å². The van der Waals surface area contributed by atoms with E-state index in [0.717, 1.165) is 22.3 Å². The summed E-state index contributed by atoms with van der Waals surface area (Å²) in [6.07, 6.45) is 3.54. The van der Waals surface area contributed by atoms with Crippen LogP contribution in [0.3, 0.4) is 0 Å². The van der Waals surface area contributed by atoms with Crippen LogP contribution in [0.25, 0.3) is 11.1 Å². The highest BCUT2D eigenvalue weighted by atomic mass is 19.1. The first-order valence-corrected chi connectivity index (χ1v) is 6.01. The molecule has 3 heteroatoms. The predicted molar refractivity (Wildman–Crippen MR) is 71.8 cm³/mol. The quantitative estimate of drug-likeness (QED) is 0.894. The summed E-state index contributed by atoms with van der Waals surface area (Å²) in [4.78, 5) is 4.08. The second kappa shape index (κ2) is 5.27. The second-order valence-electron chi connectivity index (χ2n) is 4.43. The third-order valence-electron chi connectivity index (χ3n) is 3.23. The van der Waals surface area contributed by atoms with Crippen LogP contribution in [0.15, 0.2) is 36.7 Å². The summed E-state index contributed by atoms with van der Waals surface area (Å²) in [5.74, 6) is -0.215. The Morgan fingerprint density at radius 2 is 2.00 bits per heavy atom. The van der Waals surface area contributed by atoms with Gasteiger partial charge in [0.1, 0.15) is 5.82 Å². The van der Waals surface area contributed by atoms with Crippen LogP contribution < -0.4 is 5.32 Å². The van der Waals surface area contributed by atoms with Gasteiger partial charge in [-0.25, -0.2) is 4.39 Å². The third kappa shape index (κ3) is 2.41. The first kappa shape index (κ1) is 12.7. The van der Waals surface area contributed by atoms with E-state index in [1.54, 1.807) is 18.5 Å². The van der Waals surface area contributed by atoms with Gasteiger partial charge in [-0.2, -0.15) is 0 Å². The summed E-state index contributed by atoms with van der Waals surface area (Å²) in [6, 6.07) is 7.03. The Labute approximate surface area is 107 Å². The molecule has 0 spiro atoms. The van der Waals surface area contributed by atoms with Crippen molar-refractivity contribution in [3.63, 3.8) is 0 Å². The highest BCUT2D eigenvalue weighted by Crippen LogP contribution is 2.30. The summed E-state index contributed by atoms with van der Waals surface area (Å²) in [5, 5.41) is 3.19. The van der Waals surface area contributed by atoms with Gasteiger partial charge in [-0.1, -0.05) is 6.07 Å². The van der Waals surface area contributed by atoms with E-state index in [-0.39, 0.29) is 11.9 Å². The van der Waals surface area contributed by atoms with Crippen molar-refractivity contribution in [2.45, 2.75) is 19.9 Å². The van der Waals surface area contributed by atoms with Crippen molar-refractivity contribution < 1.29 is 4.39 Å². The van der Waals surface area contributed by atoms with Crippen molar-refractivity contribution in [1.29, 1.82) is 0 Å². The Morgan fingerprint density at radius 1 is 1.22 bits per heavy atom. The van der Waals surface area contributed by atoms with Crippen LogP contribution in [0.1, 0.15) is 24.1 Å². The maximum absolute atomic E-state index is 13.5. The van der Waals surface area contributed by atoms with Crippen molar-refractivity contribution in [2.24, 2.45) is 0 Å². The van der Waals surface area contributed by atoms with Gasteiger partial charge in [0.2, 0.25) is 0 Å². The average molecular weight is 244 g/mol. The van der Waals surface area contributed by atoms with Gasteiger partial charge in [0, 0.05) is 18.4 Å². The number of pyridine rings is 1. The molecule has 1 N–H and O–H groups in total. The molecule has 0 aliphatic rings. The van der Waals surface area contributed by atoms with Crippen molar-refractivity contribution in [1.82, 2.24) is 10.3 Å². The normalized spacial score (nSPS) is 12.4. The zero-order valence-electron chi connectivity index (χ0n) is 10.9. The summed E-state index contributed by atoms with van der Waals surface area (Å²) in [5.41, 5.74) is 4.10. The molecule has 2 rings (SSSR count). The molecular formula is C15H17FN2. The Hall–Kier alpha value is -1.74. The lowest BCUT2D eigenvalue weighted by Gasteiger charge is -2.17. The van der Waals surface area contributed by atoms with Gasteiger partial charge in [0.25, 0.3) is 0 Å². The monoisotopic (exact) mass is 244 g/mol. The molecule has 0 amide bonds. The van der Waals surface area contributed by atoms with Gasteiger partial charge in [0.15, 0.2) is 0 Å². The molecule has 2 aromatic rings. The maximum atomic E-state index is 13.5. The summed E-state index contributed by atoms with van der Waals surface area (Å²) in [6.45, 7) is 4.05. The van der Waals surface area contributed by atoms with Crippen molar-refractivity contribution >= 4 is 0 Å². The SMILES string of the molecule is CNC(C)c1ccc(F)cc1-c1ccncc1C. The Balaban J connectivity index is 2.62. The third-order valence-corrected chi connectivity index (χ3v) is 3.23. The molecule has 0 aliphatic carbocycles. The fourth-order valence-corrected chi connectivity index (χ4v) is 2.07. The largest absolute Gasteiger partial charge is 0.313 e. The molecule has 1 heterocycles. The zero-order valence-corrected chi connectivity index (χ0v) is 10.9. The molecule has 2 nitrogen and oxygen atoms in total. The minimum absolute atomic E-state index is 0.174. The molecule has 0 saturated carbocycles. The second-order valence-corrected chi connectivity index (χ2v) is 4.43. The van der Waals surface area contributed by atoms with Gasteiger partial charge in [-0.05, 0) is 61.3 Å². The van der Waals surface area contributed by atoms with Gasteiger partial charge >= 0.3 is 0 Å². The van der Waals surface area contributed by atoms with Crippen LogP contribution in [0, 0.1) is 12.7 Å². The van der Waals surface area contributed by atoms with Gasteiger partial charge in [-0.15, -0.1) is 0 Å². The van der Waals surface area contributed by atoms with E-state index in [1.807, 2.05) is 26.1 Å². The number of hydrogen-bond acceptors (Lipinski definition) is 2. The number of aryl methyl sites for hydroxylation is 1. The fourth-order valence-electron chi connectivity index (χ4n) is 2.07. The Morgan fingerprint density at radius 3 is 2.67 bits per heavy atom. The smallest absolute Gasteiger partial charge is 0.123 e. The molecule has 1 unspecified atom stereocenters. The Kier molecular flexibility index (Phi) is 3.72. The molecule has 0 saturated heterocycles. The summed E-state index contributed by atoms with van der Waals surface area (Å²) >= 11 is 0. The molecular weight excluding hydrogens is 227 g/mol. The van der Waals surface area contributed by atoms with E-state index in [9.17, 15) is 4.39 Å². The van der Waals surface area contributed by atoms with Gasteiger partial charge in [-0.3, -0.25) is 4.98 Å². The number of hydrogen-bond donors (Lipinski definition) is 1. The van der Waals surface area contributed by atoms with Crippen LogP contribution >= 0.6 is 0 Å². The minimum atomic E-state index is -0.215. The van der Waals surface area contributed by atoms with E-state index >= 15 is 0 Å². The van der Waals surface area contributed by atoms with Gasteiger partial charge in [0.05, 0.1) is 0 Å². The molecule has 0 fully saturated rings. The van der Waals surface area contributed by atoms with Crippen molar-refractivity contribution in [3.8, 4) is 11.1 Å². The lowest BCUT2D eigenvalue weighted by atomic mass is 9.94. The molecule has 0 aliphatic heterocycles. The molecule has 0 bridgehead atoms. The number of nitrogens with one attached hydrogen (secondary N) is 1. The van der Waals surface area contributed by atoms with Crippen LogP contribution in [-0.2, 0) is 0 Å². The predicted octanol–water partition coefficient (Wildman–Crippen LogP) is 3.48. The van der Waals surface area contributed by atoms with E-state index in [2.05, 4.69) is 17.2 Å². The minimum Gasteiger partial charge on any atom is -0.313 e. The van der Waals surface area contributed by atoms with Crippen molar-refractivity contribution in [2.75, 3.05) is 7.05 Å². The lowest BCUT2D eigenvalue weighted by molar-refractivity contribution is 0.620. The summed E-state index contributed by atoms with van der Waals surface area (Å²) < 4.78 is 13.5. The van der Waals surface area contributed by atoms with Crippen LogP contribution in [0.2, 0.25) is 0 Å². The van der Waals surface area contributed by atoms with Crippen LogP contribution in [-0.4, -0.2) is 12.0 Å². The molecule has 1 aromatic heterocycles. The first-order chi connectivity index (χ1) is 8.63. The first-order valence-electron chi connectivity index (χ1n) is 6.01. The topological polar surface area (TPSA) is 24.9 Å². The number of aromatic nitrogens is 1. The number of nitrogens with zero attached hydrogens (tertiary/aromatic N) is 1. The lowest BCUT2D eigenvalue weighted by Crippen LogP contribution is -2.13. The highest BCUT2D eigenvalue weighted by molar-refractivity contribution is 5.70. The zero-order chi connectivity index (χ0) is 13.1. The molecule has 0 radical (unpaired) electrons.